The second-order valence-electron chi connectivity index (χ2n) is 3.44. The van der Waals surface area contributed by atoms with Crippen molar-refractivity contribution in [1.82, 2.24) is 14.8 Å². The van der Waals surface area contributed by atoms with Crippen molar-refractivity contribution in [2.24, 2.45) is 0 Å². The van der Waals surface area contributed by atoms with Crippen LogP contribution in [0.3, 0.4) is 0 Å². The van der Waals surface area contributed by atoms with Gasteiger partial charge in [0.1, 0.15) is 12.0 Å². The lowest BCUT2D eigenvalue weighted by atomic mass is 10.3. The van der Waals surface area contributed by atoms with Gasteiger partial charge in [0.2, 0.25) is 5.95 Å². The van der Waals surface area contributed by atoms with Gasteiger partial charge >= 0.3 is 0 Å². The normalized spacial score (nSPS) is 10.5. The van der Waals surface area contributed by atoms with Gasteiger partial charge in [0.05, 0.1) is 10.0 Å². The third-order valence-electron chi connectivity index (χ3n) is 2.08. The molecule has 0 unspecified atom stereocenters. The van der Waals surface area contributed by atoms with E-state index in [0.29, 0.717) is 21.7 Å². The van der Waals surface area contributed by atoms with E-state index in [0.717, 1.165) is 0 Å². The van der Waals surface area contributed by atoms with Crippen molar-refractivity contribution < 1.29 is 0 Å². The molecule has 0 radical (unpaired) electrons. The van der Waals surface area contributed by atoms with Crippen LogP contribution in [0.1, 0.15) is 0 Å². The van der Waals surface area contributed by atoms with Gasteiger partial charge in [0.15, 0.2) is 0 Å². The summed E-state index contributed by atoms with van der Waals surface area (Å²) in [5.74, 6) is 0.676. The molecule has 0 aliphatic carbocycles. The fourth-order valence-electron chi connectivity index (χ4n) is 1.39. The smallest absolute Gasteiger partial charge is 0.228 e. The predicted octanol–water partition coefficient (Wildman–Crippen LogP) is 2.64. The lowest BCUT2D eigenvalue weighted by Crippen LogP contribution is -2.15. The van der Waals surface area contributed by atoms with Crippen molar-refractivity contribution in [2.45, 2.75) is 0 Å². The Bertz CT molecular complexity index is 487. The van der Waals surface area contributed by atoms with Crippen LogP contribution in [0.4, 0.5) is 5.95 Å². The third-order valence-corrected chi connectivity index (χ3v) is 2.69. The highest BCUT2D eigenvalue weighted by Gasteiger charge is 2.14. The Labute approximate surface area is 103 Å². The molecule has 1 heterocycles. The molecular formula is C10H10Cl2N4. The van der Waals surface area contributed by atoms with Gasteiger partial charge in [-0.2, -0.15) is 14.8 Å². The van der Waals surface area contributed by atoms with Gasteiger partial charge in [-0.25, -0.2) is 0 Å². The number of benzene rings is 1. The van der Waals surface area contributed by atoms with Gasteiger partial charge in [-0.3, -0.25) is 0 Å². The third kappa shape index (κ3) is 1.86. The molecule has 16 heavy (non-hydrogen) atoms. The van der Waals surface area contributed by atoms with Gasteiger partial charge in [-0.1, -0.05) is 29.3 Å². The first-order chi connectivity index (χ1) is 7.61. The highest BCUT2D eigenvalue weighted by molar-refractivity contribution is 6.37. The number of halogens is 2. The van der Waals surface area contributed by atoms with Gasteiger partial charge < -0.3 is 4.90 Å². The summed E-state index contributed by atoms with van der Waals surface area (Å²) in [6.07, 6.45) is 1.47. The number of rotatable bonds is 2. The Morgan fingerprint density at radius 3 is 2.38 bits per heavy atom. The minimum absolute atomic E-state index is 0.543. The molecule has 0 saturated heterocycles. The Balaban J connectivity index is 2.63. The van der Waals surface area contributed by atoms with Crippen LogP contribution in [-0.2, 0) is 0 Å². The highest BCUT2D eigenvalue weighted by Crippen LogP contribution is 2.29. The summed E-state index contributed by atoms with van der Waals surface area (Å²) in [5, 5.41) is 5.21. The summed E-state index contributed by atoms with van der Waals surface area (Å²) in [4.78, 5) is 5.97. The maximum absolute atomic E-state index is 6.11. The molecule has 0 spiro atoms. The van der Waals surface area contributed by atoms with Crippen LogP contribution in [0.25, 0.3) is 5.69 Å². The van der Waals surface area contributed by atoms with Crippen molar-refractivity contribution in [2.75, 3.05) is 19.0 Å². The average molecular weight is 257 g/mol. The zero-order valence-corrected chi connectivity index (χ0v) is 10.4. The van der Waals surface area contributed by atoms with E-state index in [9.17, 15) is 0 Å². The molecule has 0 N–H and O–H groups in total. The molecule has 6 heteroatoms. The molecule has 2 rings (SSSR count). The predicted molar refractivity (Wildman–Crippen MR) is 65.7 cm³/mol. The van der Waals surface area contributed by atoms with Crippen molar-refractivity contribution >= 4 is 29.2 Å². The van der Waals surface area contributed by atoms with Crippen LogP contribution in [0, 0.1) is 0 Å². The molecule has 0 fully saturated rings. The van der Waals surface area contributed by atoms with Crippen molar-refractivity contribution in [1.29, 1.82) is 0 Å². The summed E-state index contributed by atoms with van der Waals surface area (Å²) < 4.78 is 1.62. The summed E-state index contributed by atoms with van der Waals surface area (Å²) in [5.41, 5.74) is 0.645. The number of hydrogen-bond acceptors (Lipinski definition) is 3. The second-order valence-corrected chi connectivity index (χ2v) is 4.25. The van der Waals surface area contributed by atoms with E-state index < -0.39 is 0 Å². The molecule has 2 aromatic rings. The summed E-state index contributed by atoms with van der Waals surface area (Å²) in [6, 6.07) is 5.33. The minimum atomic E-state index is 0.543. The number of hydrogen-bond donors (Lipinski definition) is 0. The van der Waals surface area contributed by atoms with E-state index in [2.05, 4.69) is 10.1 Å². The van der Waals surface area contributed by atoms with Crippen LogP contribution in [0.5, 0.6) is 0 Å². The molecule has 1 aromatic carbocycles. The van der Waals surface area contributed by atoms with Crippen LogP contribution >= 0.6 is 23.2 Å². The molecule has 0 amide bonds. The van der Waals surface area contributed by atoms with Crippen LogP contribution < -0.4 is 4.90 Å². The van der Waals surface area contributed by atoms with Crippen molar-refractivity contribution in [3.63, 3.8) is 0 Å². The number of para-hydroxylation sites is 1. The minimum Gasteiger partial charge on any atom is -0.347 e. The summed E-state index contributed by atoms with van der Waals surface area (Å²) >= 11 is 12.2. The standard InChI is InChI=1S/C10H10Cl2N4/c1-15(2)10-13-6-14-16(10)9-7(11)4-3-5-8(9)12/h3-6H,1-2H3. The SMILES string of the molecule is CN(C)c1ncnn1-c1c(Cl)cccc1Cl. The van der Waals surface area contributed by atoms with E-state index in [1.54, 1.807) is 22.9 Å². The molecule has 0 bridgehead atoms. The molecule has 0 atom stereocenters. The molecule has 0 aliphatic rings. The first-order valence-electron chi connectivity index (χ1n) is 4.63. The number of anilines is 1. The van der Waals surface area contributed by atoms with E-state index in [4.69, 9.17) is 23.2 Å². The maximum Gasteiger partial charge on any atom is 0.228 e. The molecule has 4 nitrogen and oxygen atoms in total. The largest absolute Gasteiger partial charge is 0.347 e. The molecule has 0 saturated carbocycles. The van der Waals surface area contributed by atoms with Crippen LogP contribution in [0.15, 0.2) is 24.5 Å². The number of nitrogens with zero attached hydrogens (tertiary/aromatic N) is 4. The molecule has 0 aliphatic heterocycles. The van der Waals surface area contributed by atoms with Gasteiger partial charge in [-0.05, 0) is 12.1 Å². The van der Waals surface area contributed by atoms with E-state index in [1.165, 1.54) is 6.33 Å². The zero-order chi connectivity index (χ0) is 11.7. The fraction of sp³-hybridized carbons (Fsp3) is 0.200. The van der Waals surface area contributed by atoms with Crippen LogP contribution in [0.2, 0.25) is 10.0 Å². The van der Waals surface area contributed by atoms with E-state index in [-0.39, 0.29) is 0 Å². The lowest BCUT2D eigenvalue weighted by Gasteiger charge is -2.14. The summed E-state index contributed by atoms with van der Waals surface area (Å²) in [7, 11) is 3.76. The molecule has 84 valence electrons. The first-order valence-corrected chi connectivity index (χ1v) is 5.38. The lowest BCUT2D eigenvalue weighted by molar-refractivity contribution is 0.850. The average Bonchev–Trinajstić information content (AvgIpc) is 2.66. The fourth-order valence-corrected chi connectivity index (χ4v) is 1.95. The highest BCUT2D eigenvalue weighted by atomic mass is 35.5. The van der Waals surface area contributed by atoms with Gasteiger partial charge in [-0.15, -0.1) is 0 Å². The molecular weight excluding hydrogens is 247 g/mol. The zero-order valence-electron chi connectivity index (χ0n) is 8.85. The van der Waals surface area contributed by atoms with Gasteiger partial charge in [0, 0.05) is 14.1 Å². The Morgan fingerprint density at radius 1 is 1.19 bits per heavy atom. The second kappa shape index (κ2) is 4.31. The Hall–Kier alpha value is -1.26. The van der Waals surface area contributed by atoms with E-state index in [1.807, 2.05) is 19.0 Å². The monoisotopic (exact) mass is 256 g/mol. The molecule has 1 aromatic heterocycles. The van der Waals surface area contributed by atoms with Crippen molar-refractivity contribution in [3.8, 4) is 5.69 Å². The summed E-state index contributed by atoms with van der Waals surface area (Å²) in [6.45, 7) is 0. The Kier molecular flexibility index (Phi) is 3.03. The van der Waals surface area contributed by atoms with Crippen molar-refractivity contribution in [3.05, 3.63) is 34.6 Å². The van der Waals surface area contributed by atoms with Crippen LogP contribution in [-0.4, -0.2) is 28.9 Å². The first kappa shape index (κ1) is 11.2. The Morgan fingerprint density at radius 2 is 1.81 bits per heavy atom. The van der Waals surface area contributed by atoms with E-state index >= 15 is 0 Å². The van der Waals surface area contributed by atoms with Gasteiger partial charge in [0.25, 0.3) is 0 Å². The topological polar surface area (TPSA) is 34.0 Å². The maximum atomic E-state index is 6.11. The quantitative estimate of drug-likeness (QED) is 0.829. The number of aromatic nitrogens is 3.